The van der Waals surface area contributed by atoms with E-state index < -0.39 is 5.97 Å². The fourth-order valence-electron chi connectivity index (χ4n) is 1.88. The Hall–Kier alpha value is -0.830. The number of carboxylic acids is 1. The van der Waals surface area contributed by atoms with E-state index in [-0.39, 0.29) is 0 Å². The van der Waals surface area contributed by atoms with Gasteiger partial charge in [0.15, 0.2) is 0 Å². The number of unbranched alkanes of at least 4 members (excludes halogenated alkanes) is 8. The molecule has 0 bridgehead atoms. The molecule has 0 aliphatic carbocycles. The van der Waals surface area contributed by atoms with Gasteiger partial charge < -0.3 is 9.84 Å². The maximum absolute atomic E-state index is 10.3. The minimum Gasteiger partial charge on any atom is -0.481 e. The average molecular weight is 256 g/mol. The number of ether oxygens (including phenoxy) is 1. The third kappa shape index (κ3) is 15.2. The predicted molar refractivity (Wildman–Crippen MR) is 74.8 cm³/mol. The molecule has 0 fully saturated rings. The topological polar surface area (TPSA) is 46.5 Å². The summed E-state index contributed by atoms with van der Waals surface area (Å²) in [6.45, 7) is 5.11. The van der Waals surface area contributed by atoms with Gasteiger partial charge in [-0.15, -0.1) is 6.58 Å². The molecule has 0 radical (unpaired) electrons. The van der Waals surface area contributed by atoms with Gasteiger partial charge in [0, 0.05) is 13.0 Å². The monoisotopic (exact) mass is 256 g/mol. The molecule has 0 aromatic heterocycles. The first kappa shape index (κ1) is 17.2. The van der Waals surface area contributed by atoms with Crippen molar-refractivity contribution in [2.75, 3.05) is 13.2 Å². The fourth-order valence-corrected chi connectivity index (χ4v) is 1.88. The largest absolute Gasteiger partial charge is 0.481 e. The molecule has 3 nitrogen and oxygen atoms in total. The first-order chi connectivity index (χ1) is 8.77. The molecular formula is C15H28O3. The quantitative estimate of drug-likeness (QED) is 0.375. The van der Waals surface area contributed by atoms with Gasteiger partial charge >= 0.3 is 5.97 Å². The van der Waals surface area contributed by atoms with Crippen LogP contribution in [-0.2, 0) is 9.53 Å². The standard InChI is InChI=1S/C15H28O3/c1-2-13-18-14-11-9-7-5-3-4-6-8-10-12-15(16)17/h2H,1,3-14H2,(H,16,17). The molecule has 0 heterocycles. The highest BCUT2D eigenvalue weighted by molar-refractivity contribution is 5.66. The van der Waals surface area contributed by atoms with Gasteiger partial charge in [0.25, 0.3) is 0 Å². The van der Waals surface area contributed by atoms with Crippen LogP contribution in [0.15, 0.2) is 12.7 Å². The molecule has 0 rings (SSSR count). The number of rotatable bonds is 14. The van der Waals surface area contributed by atoms with Crippen molar-refractivity contribution < 1.29 is 14.6 Å². The van der Waals surface area contributed by atoms with Gasteiger partial charge in [-0.25, -0.2) is 0 Å². The number of carboxylic acid groups (broad SMARTS) is 1. The van der Waals surface area contributed by atoms with Crippen molar-refractivity contribution in [2.24, 2.45) is 0 Å². The van der Waals surface area contributed by atoms with Crippen molar-refractivity contribution >= 4 is 5.97 Å². The van der Waals surface area contributed by atoms with Crippen LogP contribution in [0.1, 0.15) is 64.2 Å². The summed E-state index contributed by atoms with van der Waals surface area (Å²) in [5, 5.41) is 8.48. The van der Waals surface area contributed by atoms with Crippen LogP contribution in [0, 0.1) is 0 Å². The summed E-state index contributed by atoms with van der Waals surface area (Å²) in [5.74, 6) is -0.673. The van der Waals surface area contributed by atoms with Gasteiger partial charge in [-0.1, -0.05) is 51.0 Å². The van der Waals surface area contributed by atoms with Crippen LogP contribution >= 0.6 is 0 Å². The summed E-state index contributed by atoms with van der Waals surface area (Å²) < 4.78 is 5.31. The van der Waals surface area contributed by atoms with Gasteiger partial charge in [-0.05, 0) is 12.8 Å². The van der Waals surface area contributed by atoms with Crippen LogP contribution in [0.3, 0.4) is 0 Å². The highest BCUT2D eigenvalue weighted by Gasteiger charge is 1.96. The molecule has 0 spiro atoms. The molecule has 18 heavy (non-hydrogen) atoms. The van der Waals surface area contributed by atoms with E-state index in [1.807, 2.05) is 0 Å². The van der Waals surface area contributed by atoms with Crippen molar-refractivity contribution in [3.63, 3.8) is 0 Å². The number of hydrogen-bond donors (Lipinski definition) is 1. The van der Waals surface area contributed by atoms with Crippen molar-refractivity contribution in [1.82, 2.24) is 0 Å². The predicted octanol–water partition coefficient (Wildman–Crippen LogP) is 4.17. The van der Waals surface area contributed by atoms with Gasteiger partial charge in [0.2, 0.25) is 0 Å². The second-order valence-electron chi connectivity index (χ2n) is 4.69. The second kappa shape index (κ2) is 14.2. The van der Waals surface area contributed by atoms with Gasteiger partial charge in [0.1, 0.15) is 0 Å². The summed E-state index contributed by atoms with van der Waals surface area (Å²) in [6.07, 6.45) is 12.7. The minimum atomic E-state index is -0.673. The summed E-state index contributed by atoms with van der Waals surface area (Å²) in [6, 6.07) is 0. The van der Waals surface area contributed by atoms with Crippen LogP contribution in [-0.4, -0.2) is 24.3 Å². The zero-order valence-electron chi connectivity index (χ0n) is 11.5. The lowest BCUT2D eigenvalue weighted by atomic mass is 10.1. The Balaban J connectivity index is 2.94. The molecule has 0 amide bonds. The third-order valence-corrected chi connectivity index (χ3v) is 2.92. The van der Waals surface area contributed by atoms with Crippen LogP contribution in [0.5, 0.6) is 0 Å². The van der Waals surface area contributed by atoms with E-state index in [2.05, 4.69) is 6.58 Å². The molecule has 3 heteroatoms. The molecule has 0 saturated heterocycles. The Morgan fingerprint density at radius 2 is 1.44 bits per heavy atom. The minimum absolute atomic E-state index is 0.324. The molecule has 0 saturated carbocycles. The first-order valence-electron chi connectivity index (χ1n) is 7.18. The van der Waals surface area contributed by atoms with E-state index in [0.29, 0.717) is 13.0 Å². The molecule has 0 aliphatic rings. The molecule has 0 unspecified atom stereocenters. The van der Waals surface area contributed by atoms with Crippen molar-refractivity contribution in [2.45, 2.75) is 64.2 Å². The summed E-state index contributed by atoms with van der Waals surface area (Å²) in [5.41, 5.74) is 0. The van der Waals surface area contributed by atoms with Crippen LogP contribution in [0.2, 0.25) is 0 Å². The smallest absolute Gasteiger partial charge is 0.303 e. The van der Waals surface area contributed by atoms with Crippen molar-refractivity contribution in [3.05, 3.63) is 12.7 Å². The fraction of sp³-hybridized carbons (Fsp3) is 0.800. The second-order valence-corrected chi connectivity index (χ2v) is 4.69. The normalized spacial score (nSPS) is 10.4. The number of aliphatic carboxylic acids is 1. The SMILES string of the molecule is C=CCOCCCCCCCCCCCC(=O)O. The highest BCUT2D eigenvalue weighted by Crippen LogP contribution is 2.10. The molecular weight excluding hydrogens is 228 g/mol. The Morgan fingerprint density at radius 1 is 0.944 bits per heavy atom. The van der Waals surface area contributed by atoms with E-state index in [1.165, 1.54) is 38.5 Å². The number of carbonyl (C=O) groups is 1. The first-order valence-corrected chi connectivity index (χ1v) is 7.18. The van der Waals surface area contributed by atoms with E-state index in [9.17, 15) is 4.79 Å². The number of hydrogen-bond acceptors (Lipinski definition) is 2. The van der Waals surface area contributed by atoms with E-state index in [0.717, 1.165) is 25.9 Å². The summed E-state index contributed by atoms with van der Waals surface area (Å²) in [4.78, 5) is 10.3. The molecule has 0 atom stereocenters. The van der Waals surface area contributed by atoms with Gasteiger partial charge in [-0.3, -0.25) is 4.79 Å². The van der Waals surface area contributed by atoms with E-state index in [1.54, 1.807) is 6.08 Å². The zero-order chi connectivity index (χ0) is 13.5. The summed E-state index contributed by atoms with van der Waals surface area (Å²) >= 11 is 0. The summed E-state index contributed by atoms with van der Waals surface area (Å²) in [7, 11) is 0. The van der Waals surface area contributed by atoms with E-state index in [4.69, 9.17) is 9.84 Å². The van der Waals surface area contributed by atoms with Crippen molar-refractivity contribution in [3.8, 4) is 0 Å². The Kier molecular flexibility index (Phi) is 13.6. The Bertz CT molecular complexity index is 202. The van der Waals surface area contributed by atoms with E-state index >= 15 is 0 Å². The lowest BCUT2D eigenvalue weighted by Crippen LogP contribution is -1.94. The Labute approximate surface area is 111 Å². The molecule has 0 aromatic carbocycles. The lowest BCUT2D eigenvalue weighted by Gasteiger charge is -2.02. The Morgan fingerprint density at radius 3 is 1.94 bits per heavy atom. The van der Waals surface area contributed by atoms with Gasteiger partial charge in [-0.2, -0.15) is 0 Å². The highest BCUT2D eigenvalue weighted by atomic mass is 16.5. The molecule has 0 aromatic rings. The van der Waals surface area contributed by atoms with Crippen molar-refractivity contribution in [1.29, 1.82) is 0 Å². The average Bonchev–Trinajstić information content (AvgIpc) is 2.34. The lowest BCUT2D eigenvalue weighted by molar-refractivity contribution is -0.137. The molecule has 0 aliphatic heterocycles. The maximum atomic E-state index is 10.3. The van der Waals surface area contributed by atoms with Crippen LogP contribution in [0.4, 0.5) is 0 Å². The maximum Gasteiger partial charge on any atom is 0.303 e. The van der Waals surface area contributed by atoms with Crippen LogP contribution < -0.4 is 0 Å². The molecule has 1 N–H and O–H groups in total. The molecule has 106 valence electrons. The third-order valence-electron chi connectivity index (χ3n) is 2.92. The zero-order valence-corrected chi connectivity index (χ0v) is 11.5. The van der Waals surface area contributed by atoms with Crippen LogP contribution in [0.25, 0.3) is 0 Å². The van der Waals surface area contributed by atoms with Gasteiger partial charge in [0.05, 0.1) is 6.61 Å².